The number of hydrogen-bond acceptors (Lipinski definition) is 6. The second kappa shape index (κ2) is 50.2. The second-order valence-corrected chi connectivity index (χ2v) is 16.7. The first kappa shape index (κ1) is 58.6. The van der Waals surface area contributed by atoms with Gasteiger partial charge in [0, 0.05) is 19.3 Å². The molecule has 0 aliphatic rings. The Bertz CT molecular complexity index is 1220. The zero-order valence-corrected chi connectivity index (χ0v) is 40.4. The first-order chi connectivity index (χ1) is 30.5. The Labute approximate surface area is 382 Å². The lowest BCUT2D eigenvalue weighted by molar-refractivity contribution is -0.166. The number of ether oxygens (including phenoxy) is 3. The third-order valence-electron chi connectivity index (χ3n) is 10.6. The largest absolute Gasteiger partial charge is 0.462 e. The third-order valence-corrected chi connectivity index (χ3v) is 10.6. The molecule has 0 unspecified atom stereocenters. The van der Waals surface area contributed by atoms with Crippen molar-refractivity contribution in [1.29, 1.82) is 0 Å². The Morgan fingerprint density at radius 1 is 0.339 bits per heavy atom. The summed E-state index contributed by atoms with van der Waals surface area (Å²) >= 11 is 0. The van der Waals surface area contributed by atoms with Gasteiger partial charge in [0.1, 0.15) is 13.2 Å². The summed E-state index contributed by atoms with van der Waals surface area (Å²) in [6.45, 7) is 6.41. The highest BCUT2D eigenvalue weighted by Gasteiger charge is 2.19. The Hall–Kier alpha value is -3.41. The van der Waals surface area contributed by atoms with Crippen molar-refractivity contribution >= 4 is 17.9 Å². The zero-order valence-electron chi connectivity index (χ0n) is 40.4. The Morgan fingerprint density at radius 2 is 0.677 bits per heavy atom. The third kappa shape index (κ3) is 47.6. The van der Waals surface area contributed by atoms with E-state index in [1.807, 2.05) is 6.08 Å². The van der Waals surface area contributed by atoms with Crippen LogP contribution in [0.1, 0.15) is 233 Å². The lowest BCUT2D eigenvalue weighted by Gasteiger charge is -2.18. The van der Waals surface area contributed by atoms with E-state index < -0.39 is 6.10 Å². The SMILES string of the molecule is CC/C=C\C/C=C\C/C=C\C/C=C\C/C=C\C/C=C\CCC(=O)OC[C@@H](COC(=O)CCCCCCC/C=C\CCCC)OC(=O)CCCCCCCCCCCCCCCC. The molecule has 0 amide bonds. The number of hydrogen-bond donors (Lipinski definition) is 0. The topological polar surface area (TPSA) is 78.9 Å². The average molecular weight is 863 g/mol. The molecule has 62 heavy (non-hydrogen) atoms. The zero-order chi connectivity index (χ0) is 45.1. The first-order valence-electron chi connectivity index (χ1n) is 25.6. The molecular weight excluding hydrogens is 769 g/mol. The van der Waals surface area contributed by atoms with Gasteiger partial charge >= 0.3 is 17.9 Å². The number of allylic oxidation sites excluding steroid dienone is 14. The fourth-order valence-electron chi connectivity index (χ4n) is 6.80. The molecule has 0 fully saturated rings. The van der Waals surface area contributed by atoms with E-state index in [1.54, 1.807) is 0 Å². The summed E-state index contributed by atoms with van der Waals surface area (Å²) in [4.78, 5) is 37.9. The summed E-state index contributed by atoms with van der Waals surface area (Å²) in [6.07, 6.45) is 64.3. The van der Waals surface area contributed by atoms with Gasteiger partial charge in [-0.3, -0.25) is 14.4 Å². The van der Waals surface area contributed by atoms with Crippen LogP contribution >= 0.6 is 0 Å². The molecule has 0 aliphatic carbocycles. The van der Waals surface area contributed by atoms with E-state index in [0.717, 1.165) is 89.9 Å². The van der Waals surface area contributed by atoms with Crippen LogP contribution in [0.4, 0.5) is 0 Å². The van der Waals surface area contributed by atoms with Crippen LogP contribution in [0.15, 0.2) is 85.1 Å². The van der Waals surface area contributed by atoms with Gasteiger partial charge in [-0.1, -0.05) is 221 Å². The molecule has 0 bridgehead atoms. The van der Waals surface area contributed by atoms with Crippen LogP contribution in [0, 0.1) is 0 Å². The summed E-state index contributed by atoms with van der Waals surface area (Å²) in [5, 5.41) is 0. The van der Waals surface area contributed by atoms with Crippen molar-refractivity contribution in [1.82, 2.24) is 0 Å². The number of carbonyl (C=O) groups excluding carboxylic acids is 3. The van der Waals surface area contributed by atoms with Gasteiger partial charge in [-0.05, 0) is 77.0 Å². The molecule has 0 aromatic carbocycles. The van der Waals surface area contributed by atoms with Crippen molar-refractivity contribution in [3.8, 4) is 0 Å². The van der Waals surface area contributed by atoms with Crippen LogP contribution in [-0.2, 0) is 28.6 Å². The fraction of sp³-hybridized carbons (Fsp3) is 0.696. The summed E-state index contributed by atoms with van der Waals surface area (Å²) in [7, 11) is 0. The lowest BCUT2D eigenvalue weighted by Crippen LogP contribution is -2.30. The molecule has 0 N–H and O–H groups in total. The minimum Gasteiger partial charge on any atom is -0.462 e. The molecule has 0 radical (unpaired) electrons. The fourth-order valence-corrected chi connectivity index (χ4v) is 6.80. The minimum atomic E-state index is -0.807. The maximum Gasteiger partial charge on any atom is 0.306 e. The molecule has 1 atom stereocenters. The van der Waals surface area contributed by atoms with Crippen molar-refractivity contribution in [2.45, 2.75) is 239 Å². The number of unbranched alkanes of at least 4 members (excludes halogenated alkanes) is 20. The molecule has 354 valence electrons. The number of carbonyl (C=O) groups is 3. The number of rotatable bonds is 45. The summed E-state index contributed by atoms with van der Waals surface area (Å²) in [6, 6.07) is 0. The normalized spacial score (nSPS) is 12.8. The highest BCUT2D eigenvalue weighted by molar-refractivity contribution is 5.71. The van der Waals surface area contributed by atoms with Gasteiger partial charge in [-0.15, -0.1) is 0 Å². The molecule has 0 saturated carbocycles. The Balaban J connectivity index is 4.48. The van der Waals surface area contributed by atoms with Crippen molar-refractivity contribution < 1.29 is 28.6 Å². The van der Waals surface area contributed by atoms with Crippen LogP contribution < -0.4 is 0 Å². The van der Waals surface area contributed by atoms with Crippen LogP contribution in [0.2, 0.25) is 0 Å². The van der Waals surface area contributed by atoms with E-state index in [-0.39, 0.29) is 37.5 Å². The van der Waals surface area contributed by atoms with E-state index in [4.69, 9.17) is 14.2 Å². The van der Waals surface area contributed by atoms with Crippen molar-refractivity contribution in [2.75, 3.05) is 13.2 Å². The highest BCUT2D eigenvalue weighted by Crippen LogP contribution is 2.15. The molecule has 0 heterocycles. The van der Waals surface area contributed by atoms with Gasteiger partial charge in [0.15, 0.2) is 6.10 Å². The van der Waals surface area contributed by atoms with E-state index in [9.17, 15) is 14.4 Å². The molecule has 0 spiro atoms. The maximum absolute atomic E-state index is 12.8. The van der Waals surface area contributed by atoms with Crippen LogP contribution in [-0.4, -0.2) is 37.2 Å². The van der Waals surface area contributed by atoms with Gasteiger partial charge in [0.25, 0.3) is 0 Å². The Kier molecular flexibility index (Phi) is 47.5. The highest BCUT2D eigenvalue weighted by atomic mass is 16.6. The van der Waals surface area contributed by atoms with Crippen molar-refractivity contribution in [3.05, 3.63) is 85.1 Å². The molecule has 0 aliphatic heterocycles. The average Bonchev–Trinajstić information content (AvgIpc) is 3.27. The van der Waals surface area contributed by atoms with Crippen LogP contribution in [0.25, 0.3) is 0 Å². The van der Waals surface area contributed by atoms with Gasteiger partial charge < -0.3 is 14.2 Å². The molecule has 0 aromatic heterocycles. The molecule has 0 rings (SSSR count). The van der Waals surface area contributed by atoms with Crippen molar-refractivity contribution in [2.24, 2.45) is 0 Å². The van der Waals surface area contributed by atoms with Crippen molar-refractivity contribution in [3.63, 3.8) is 0 Å². The minimum absolute atomic E-state index is 0.103. The monoisotopic (exact) mass is 863 g/mol. The van der Waals surface area contributed by atoms with E-state index in [1.165, 1.54) is 96.3 Å². The van der Waals surface area contributed by atoms with Gasteiger partial charge in [0.05, 0.1) is 0 Å². The quantitative estimate of drug-likeness (QED) is 0.0263. The first-order valence-corrected chi connectivity index (χ1v) is 25.6. The second-order valence-electron chi connectivity index (χ2n) is 16.7. The van der Waals surface area contributed by atoms with Crippen LogP contribution in [0.5, 0.6) is 0 Å². The number of esters is 3. The van der Waals surface area contributed by atoms with Crippen LogP contribution in [0.3, 0.4) is 0 Å². The molecule has 0 aromatic rings. The van der Waals surface area contributed by atoms with E-state index in [0.29, 0.717) is 19.3 Å². The predicted molar refractivity (Wildman–Crippen MR) is 265 cm³/mol. The smallest absolute Gasteiger partial charge is 0.306 e. The molecule has 6 heteroatoms. The van der Waals surface area contributed by atoms with E-state index >= 15 is 0 Å². The Morgan fingerprint density at radius 3 is 1.13 bits per heavy atom. The standard InChI is InChI=1S/C56H94O6/c1-4-7-10-13-16-19-22-24-26-27-28-29-30-32-34-37-40-43-46-49-55(58)61-52-53(51-60-54(57)48-45-42-39-36-33-21-18-15-12-9-6-3)62-56(59)50-47-44-41-38-35-31-25-23-20-17-14-11-8-5-2/h7,10,15-16,18-19,24,26,28-29,32,34,40,43,53H,4-6,8-9,11-14,17,20-23,25,27,30-31,33,35-39,41-42,44-52H2,1-3H3/b10-7-,18-15-,19-16-,26-24-,29-28-,34-32-,43-40-/t53-/m1/s1. The summed E-state index contributed by atoms with van der Waals surface area (Å²) < 4.78 is 16.7. The summed E-state index contributed by atoms with van der Waals surface area (Å²) in [5.74, 6) is -1.000. The van der Waals surface area contributed by atoms with Gasteiger partial charge in [-0.25, -0.2) is 0 Å². The summed E-state index contributed by atoms with van der Waals surface area (Å²) in [5.41, 5.74) is 0. The van der Waals surface area contributed by atoms with Gasteiger partial charge in [0.2, 0.25) is 0 Å². The molecule has 6 nitrogen and oxygen atoms in total. The molecule has 0 saturated heterocycles. The predicted octanol–water partition coefficient (Wildman–Crippen LogP) is 16.8. The lowest BCUT2D eigenvalue weighted by atomic mass is 10.0. The maximum atomic E-state index is 12.8. The van der Waals surface area contributed by atoms with Gasteiger partial charge in [-0.2, -0.15) is 0 Å². The van der Waals surface area contributed by atoms with E-state index in [2.05, 4.69) is 99.8 Å². The molecular formula is C56H94O6.